The topological polar surface area (TPSA) is 309 Å². The fourth-order valence-corrected chi connectivity index (χ4v) is 17.4. The van der Waals surface area contributed by atoms with Crippen LogP contribution in [0.4, 0.5) is 4.79 Å². The standard InChI is InChI=1S/C35H50BNO10.C30H42BNO8/c1-9-33(7)15-26(34(8)19(2)10-11-35(20(3)30(33)41)14-25(38)28(40)29(34)35)46-27(39)18-44-22-12-21(16-37-31(42)47-32(4,5)6)23-17-45-36(43)24(23)13-22;1-6-28(4)12-23(40-24(34)15-38-19-9-18(13-32)20-14-39-31(37)21(20)10-19)29(5)16(2)7-8-30(17(3)27(28)36)11-22(33)25(35)26(29)30/h9,12-13,19-20,25-26,29-30,38,41,43H,1,10-11,14-18H2,2-8H3,(H,37,42);6,9-10,16-17,22-23,26-27,33,36-37H,1,7-8,11-15,32H2,2-5H3/t19-,20+,25+,26-,29+,30+,33-,34+,35+;16-,17+,22+,23-,26+,27+,28-,29+,30+/m11/s1. The van der Waals surface area contributed by atoms with Crippen molar-refractivity contribution in [3.8, 4) is 11.5 Å². The van der Waals surface area contributed by atoms with Crippen molar-refractivity contribution in [3.05, 3.63) is 71.8 Å². The Morgan fingerprint density at radius 3 is 1.47 bits per heavy atom. The maximum absolute atomic E-state index is 13.7. The molecule has 18 atom stereocenters. The van der Waals surface area contributed by atoms with Gasteiger partial charge in [-0.3, -0.25) is 9.59 Å². The number of aliphatic hydroxyl groups is 4. The van der Waals surface area contributed by atoms with Crippen LogP contribution >= 0.6 is 0 Å². The molecule has 2 aliphatic heterocycles. The number of hydrogen-bond donors (Lipinski definition) is 8. The van der Waals surface area contributed by atoms with E-state index in [9.17, 15) is 54.4 Å². The third-order valence-corrected chi connectivity index (χ3v) is 23.0. The van der Waals surface area contributed by atoms with E-state index in [1.165, 1.54) is 0 Å². The van der Waals surface area contributed by atoms with Gasteiger partial charge in [-0.15, -0.1) is 13.2 Å². The van der Waals surface area contributed by atoms with Gasteiger partial charge in [-0.1, -0.05) is 67.5 Å². The van der Waals surface area contributed by atoms with Gasteiger partial charge in [0.2, 0.25) is 0 Å². The minimum Gasteiger partial charge on any atom is -0.482 e. The number of carbonyl (C=O) groups is 5. The maximum Gasteiger partial charge on any atom is 0.491 e. The summed E-state index contributed by atoms with van der Waals surface area (Å²) in [5.74, 6) is -2.78. The van der Waals surface area contributed by atoms with Gasteiger partial charge in [0.15, 0.2) is 24.8 Å². The molecule has 87 heavy (non-hydrogen) atoms. The summed E-state index contributed by atoms with van der Waals surface area (Å²) in [5, 5.41) is 68.4. The number of alkyl carbamates (subject to hydrolysis) is 1. The van der Waals surface area contributed by atoms with E-state index in [1.807, 2.05) is 41.5 Å². The maximum atomic E-state index is 13.7. The number of aliphatic hydroxyl groups excluding tert-OH is 4. The summed E-state index contributed by atoms with van der Waals surface area (Å²) in [4.78, 5) is 66.6. The Balaban J connectivity index is 0.000000210. The Morgan fingerprint density at radius 2 is 1.08 bits per heavy atom. The number of ether oxygens (including phenoxy) is 5. The molecule has 0 radical (unpaired) electrons. The Hall–Kier alpha value is -5.16. The summed E-state index contributed by atoms with van der Waals surface area (Å²) < 4.78 is 40.2. The number of hydrogen-bond acceptors (Lipinski definition) is 19. The molecule has 10 rings (SSSR count). The summed E-state index contributed by atoms with van der Waals surface area (Å²) in [5.41, 5.74) is 4.75. The third-order valence-electron chi connectivity index (χ3n) is 23.0. The molecule has 2 aromatic carbocycles. The van der Waals surface area contributed by atoms with E-state index in [4.69, 9.17) is 38.7 Å². The molecule has 0 aromatic heterocycles. The van der Waals surface area contributed by atoms with Crippen molar-refractivity contribution in [3.63, 3.8) is 0 Å². The average molecular weight is 1210 g/mol. The minimum atomic E-state index is -1.19. The van der Waals surface area contributed by atoms with E-state index in [0.29, 0.717) is 47.1 Å². The number of fused-ring (bicyclic) bond motifs is 2. The molecule has 9 N–H and O–H groups in total. The number of nitrogens with two attached hydrogens (primary N) is 1. The monoisotopic (exact) mass is 1210 g/mol. The number of carbonyl (C=O) groups excluding carboxylic acids is 5. The van der Waals surface area contributed by atoms with Crippen LogP contribution in [0.5, 0.6) is 11.5 Å². The highest BCUT2D eigenvalue weighted by molar-refractivity contribution is 6.62. The SMILES string of the molecule is C=C[C@]1(C)C[C@@H](OC(=O)COc2cc(CN)c3c(c2)B(O)OC3)[C@]2(C)[C@H](C)CC[C@]3(C[C@H](O)C(=O)[C@H]32)[C@@H](C)[C@@H]1O.C=C[C@]1(C)C[C@@H](OC(=O)COc2cc(CNC(=O)OC(C)(C)C)c3c(c2)B(O)OC3)[C@]2(C)[C@H](C)CC[C@]3(C[C@H](O)C(=O)[C@H]32)[C@@H](C)[C@@H]1O. The predicted molar refractivity (Wildman–Crippen MR) is 322 cm³/mol. The Kier molecular flexibility index (Phi) is 18.5. The van der Waals surface area contributed by atoms with Crippen LogP contribution < -0.4 is 31.4 Å². The molecule has 22 heteroatoms. The van der Waals surface area contributed by atoms with Gasteiger partial charge in [-0.2, -0.15) is 0 Å². The molecule has 1 amide bonds. The lowest BCUT2D eigenvalue weighted by Gasteiger charge is -2.61. The Bertz CT molecular complexity index is 3030. The first-order valence-electron chi connectivity index (χ1n) is 31.0. The first-order valence-corrected chi connectivity index (χ1v) is 31.0. The van der Waals surface area contributed by atoms with Crippen LogP contribution in [0.25, 0.3) is 0 Å². The predicted octanol–water partition coefficient (Wildman–Crippen LogP) is 4.80. The molecule has 20 nitrogen and oxygen atoms in total. The molecule has 476 valence electrons. The van der Waals surface area contributed by atoms with Gasteiger partial charge >= 0.3 is 32.3 Å². The molecular formula is C65H92B2N2O18. The van der Waals surface area contributed by atoms with Gasteiger partial charge < -0.3 is 74.5 Å². The van der Waals surface area contributed by atoms with Crippen LogP contribution in [0.15, 0.2) is 49.6 Å². The zero-order valence-corrected chi connectivity index (χ0v) is 52.5. The van der Waals surface area contributed by atoms with Crippen LogP contribution in [0, 0.1) is 68.0 Å². The molecule has 6 aliphatic carbocycles. The van der Waals surface area contributed by atoms with Crippen molar-refractivity contribution in [2.24, 2.45) is 73.7 Å². The van der Waals surface area contributed by atoms with Crippen LogP contribution in [-0.4, -0.2) is 130 Å². The Morgan fingerprint density at radius 1 is 0.678 bits per heavy atom. The molecule has 0 unspecified atom stereocenters. The molecule has 6 fully saturated rings. The number of esters is 2. The molecule has 0 saturated heterocycles. The van der Waals surface area contributed by atoms with Crippen LogP contribution in [-0.2, 0) is 69.0 Å². The van der Waals surface area contributed by atoms with Crippen molar-refractivity contribution in [2.45, 2.75) is 196 Å². The van der Waals surface area contributed by atoms with Crippen LogP contribution in [0.3, 0.4) is 0 Å². The highest BCUT2D eigenvalue weighted by atomic mass is 16.6. The number of nitrogens with one attached hydrogen (secondary N) is 1. The molecule has 4 bridgehead atoms. The lowest BCUT2D eigenvalue weighted by Crippen LogP contribution is -2.63. The van der Waals surface area contributed by atoms with Gasteiger partial charge in [0, 0.05) is 46.6 Å². The van der Waals surface area contributed by atoms with E-state index in [2.05, 4.69) is 32.3 Å². The lowest BCUT2D eigenvalue weighted by molar-refractivity contribution is -0.207. The van der Waals surface area contributed by atoms with E-state index < -0.39 is 132 Å². The zero-order chi connectivity index (χ0) is 63.9. The molecule has 2 heterocycles. The molecular weight excluding hydrogens is 1120 g/mol. The zero-order valence-electron chi connectivity index (χ0n) is 52.5. The summed E-state index contributed by atoms with van der Waals surface area (Å²) in [7, 11) is -2.27. The van der Waals surface area contributed by atoms with E-state index >= 15 is 0 Å². The van der Waals surface area contributed by atoms with Crippen LogP contribution in [0.1, 0.15) is 150 Å². The molecule has 6 saturated carbocycles. The third kappa shape index (κ3) is 11.5. The Labute approximate surface area is 511 Å². The van der Waals surface area contributed by atoms with Gasteiger partial charge in [-0.05, 0) is 164 Å². The van der Waals surface area contributed by atoms with E-state index in [1.54, 1.807) is 57.2 Å². The van der Waals surface area contributed by atoms with Crippen molar-refractivity contribution in [1.29, 1.82) is 0 Å². The van der Waals surface area contributed by atoms with Gasteiger partial charge in [-0.25, -0.2) is 14.4 Å². The first kappa shape index (κ1) is 66.3. The van der Waals surface area contributed by atoms with Crippen molar-refractivity contribution >= 4 is 54.8 Å². The lowest BCUT2D eigenvalue weighted by atomic mass is 9.44. The highest BCUT2D eigenvalue weighted by Gasteiger charge is 2.72. The van der Waals surface area contributed by atoms with Crippen molar-refractivity contribution in [1.82, 2.24) is 5.32 Å². The normalized spacial score (nSPS) is 38.4. The average Bonchev–Trinajstić information content (AvgIpc) is 1.67. The van der Waals surface area contributed by atoms with E-state index in [-0.39, 0.29) is 86.6 Å². The fraction of sp³-hybridized carbons (Fsp3) is 0.677. The second-order valence-electron chi connectivity index (χ2n) is 28.7. The number of Topliss-reactive ketones (excluding diaryl/α,β-unsaturated/α-hetero) is 2. The quantitative estimate of drug-likeness (QED) is 0.0578. The summed E-state index contributed by atoms with van der Waals surface area (Å²) in [6.07, 6.45) is 1.44. The van der Waals surface area contributed by atoms with Gasteiger partial charge in [0.1, 0.15) is 41.5 Å². The highest BCUT2D eigenvalue weighted by Crippen LogP contribution is 2.70. The van der Waals surface area contributed by atoms with Crippen LogP contribution in [0.2, 0.25) is 0 Å². The van der Waals surface area contributed by atoms with Gasteiger partial charge in [0.25, 0.3) is 0 Å². The fourth-order valence-electron chi connectivity index (χ4n) is 17.4. The second-order valence-corrected chi connectivity index (χ2v) is 28.7. The number of ketones is 2. The van der Waals surface area contributed by atoms with Gasteiger partial charge in [0.05, 0.1) is 25.4 Å². The summed E-state index contributed by atoms with van der Waals surface area (Å²) >= 11 is 0. The summed E-state index contributed by atoms with van der Waals surface area (Å²) in [6.45, 7) is 29.1. The summed E-state index contributed by atoms with van der Waals surface area (Å²) in [6, 6.07) is 6.63. The number of rotatable bonds is 13. The molecule has 2 aromatic rings. The first-order chi connectivity index (χ1) is 40.7. The number of benzene rings is 2. The van der Waals surface area contributed by atoms with Crippen molar-refractivity contribution < 1.29 is 87.4 Å². The van der Waals surface area contributed by atoms with Crippen molar-refractivity contribution in [2.75, 3.05) is 13.2 Å². The largest absolute Gasteiger partial charge is 0.491 e. The molecule has 8 aliphatic rings. The van der Waals surface area contributed by atoms with E-state index in [0.717, 1.165) is 24.0 Å². The molecule has 0 spiro atoms. The smallest absolute Gasteiger partial charge is 0.482 e. The minimum absolute atomic E-state index is 0.0108. The second kappa shape index (κ2) is 24.2. The number of amides is 1.